The molecule has 0 spiro atoms. The first-order valence-corrected chi connectivity index (χ1v) is 4.80. The number of Topliss-reactive ketones (excluding diaryl/α,β-unsaturated/α-hetero) is 1. The van der Waals surface area contributed by atoms with E-state index in [4.69, 9.17) is 0 Å². The fourth-order valence-corrected chi connectivity index (χ4v) is 1.04. The first kappa shape index (κ1) is 7.84. The Kier molecular flexibility index (Phi) is 3.72. The average Bonchev–Trinajstić information content (AvgIpc) is 1.61. The van der Waals surface area contributed by atoms with Crippen molar-refractivity contribution in [1.82, 2.24) is 0 Å². The van der Waals surface area contributed by atoms with Crippen molar-refractivity contribution in [3.63, 3.8) is 0 Å². The van der Waals surface area contributed by atoms with Gasteiger partial charge in [-0.1, -0.05) is 0 Å². The first-order valence-electron chi connectivity index (χ1n) is 2.64. The molecule has 0 fully saturated rings. The Morgan fingerprint density at radius 2 is 2.25 bits per heavy atom. The molecule has 0 saturated carbocycles. The highest BCUT2D eigenvalue weighted by Crippen LogP contribution is 2.13. The minimum Gasteiger partial charge on any atom is -0.300 e. The van der Waals surface area contributed by atoms with Gasteiger partial charge < -0.3 is 0 Å². The monoisotopic (exact) mass is 131 g/mol. The zero-order valence-electron chi connectivity index (χ0n) is 5.48. The van der Waals surface area contributed by atoms with Gasteiger partial charge in [0.05, 0.1) is 20.5 Å². The van der Waals surface area contributed by atoms with Gasteiger partial charge in [-0.25, -0.2) is 0 Å². The van der Waals surface area contributed by atoms with E-state index in [1.807, 2.05) is 0 Å². The summed E-state index contributed by atoms with van der Waals surface area (Å²) in [7, 11) is -0.104. The molecule has 0 rings (SSSR count). The van der Waals surface area contributed by atoms with Gasteiger partial charge in [0.15, 0.2) is 0 Å². The van der Waals surface area contributed by atoms with Crippen molar-refractivity contribution in [2.75, 3.05) is 12.8 Å². The summed E-state index contributed by atoms with van der Waals surface area (Å²) < 4.78 is 0. The number of hydrogen-bond donors (Lipinski definition) is 0. The van der Waals surface area contributed by atoms with Crippen LogP contribution in [0, 0.1) is 0 Å². The van der Waals surface area contributed by atoms with Gasteiger partial charge in [-0.05, 0) is 6.92 Å². The van der Waals surface area contributed by atoms with Crippen LogP contribution in [0.3, 0.4) is 0 Å². The topological polar surface area (TPSA) is 17.1 Å². The molecule has 0 aliphatic rings. The van der Waals surface area contributed by atoms with Crippen molar-refractivity contribution >= 4 is 19.6 Å². The van der Waals surface area contributed by atoms with E-state index < -0.39 is 0 Å². The number of ketones is 1. The van der Waals surface area contributed by atoms with Gasteiger partial charge in [-0.3, -0.25) is 4.79 Å². The van der Waals surface area contributed by atoms with Crippen LogP contribution < -0.4 is 0 Å². The van der Waals surface area contributed by atoms with E-state index in [0.29, 0.717) is 6.42 Å². The summed E-state index contributed by atoms with van der Waals surface area (Å²) in [5, 5.41) is 0. The second-order valence-electron chi connectivity index (χ2n) is 2.03. The van der Waals surface area contributed by atoms with E-state index in [9.17, 15) is 4.79 Å². The third-order valence-corrected chi connectivity index (χ3v) is 1.83. The molecule has 0 aromatic rings. The van der Waals surface area contributed by atoms with Gasteiger partial charge in [-0.15, -0.1) is 0 Å². The van der Waals surface area contributed by atoms with E-state index in [0.717, 1.165) is 6.16 Å². The molecule has 0 heterocycles. The Labute approximate surface area is 51.5 Å². The number of hydrogen-bond acceptors (Lipinski definition) is 1. The number of carbonyl (C=O) groups is 1. The maximum Gasteiger partial charge on any atom is 0.133 e. The zero-order valence-corrected chi connectivity index (χ0v) is 6.37. The van der Waals surface area contributed by atoms with Crippen LogP contribution in [0.1, 0.15) is 13.3 Å². The summed E-state index contributed by atoms with van der Waals surface area (Å²) in [5.41, 5.74) is 0. The molecule has 1 atom stereocenters. The van der Waals surface area contributed by atoms with Crippen molar-refractivity contribution in [2.45, 2.75) is 13.3 Å². The van der Waals surface area contributed by atoms with Crippen molar-refractivity contribution in [2.24, 2.45) is 0 Å². The van der Waals surface area contributed by atoms with Gasteiger partial charge >= 0.3 is 0 Å². The van der Waals surface area contributed by atoms with E-state index in [-0.39, 0.29) is 13.3 Å². The zero-order chi connectivity index (χ0) is 6.57. The van der Waals surface area contributed by atoms with Gasteiger partial charge in [0, 0.05) is 6.42 Å². The van der Waals surface area contributed by atoms with Crippen LogP contribution in [0.25, 0.3) is 0 Å². The van der Waals surface area contributed by atoms with Gasteiger partial charge in [-0.2, -0.15) is 0 Å². The fraction of sp³-hybridized carbons (Fsp3) is 0.667. The third-order valence-electron chi connectivity index (χ3n) is 0.846. The summed E-state index contributed by atoms with van der Waals surface area (Å²) in [6.07, 6.45) is 5.53. The standard InChI is InChI=1S/C6H12OP/c1-6(7)4-5-8(2)3/h2,4-5H2,1,3H3/q+1. The molecule has 1 unspecified atom stereocenters. The Balaban J connectivity index is 3.18. The van der Waals surface area contributed by atoms with Gasteiger partial charge in [0.2, 0.25) is 0 Å². The number of rotatable bonds is 3. The van der Waals surface area contributed by atoms with Crippen molar-refractivity contribution in [3.8, 4) is 0 Å². The molecule has 0 aliphatic carbocycles. The van der Waals surface area contributed by atoms with Crippen molar-refractivity contribution in [3.05, 3.63) is 0 Å². The normalized spacial score (nSPS) is 11.0. The van der Waals surface area contributed by atoms with Crippen LogP contribution >= 0.6 is 7.55 Å². The van der Waals surface area contributed by atoms with E-state index in [1.54, 1.807) is 6.92 Å². The van der Waals surface area contributed by atoms with Crippen molar-refractivity contribution < 1.29 is 4.79 Å². The van der Waals surface area contributed by atoms with E-state index in [2.05, 4.69) is 13.0 Å². The summed E-state index contributed by atoms with van der Waals surface area (Å²) in [6.45, 7) is 3.71. The Bertz CT molecular complexity index is 93.1. The largest absolute Gasteiger partial charge is 0.300 e. The summed E-state index contributed by atoms with van der Waals surface area (Å²) in [5.74, 6) is 0.281. The average molecular weight is 131 g/mol. The van der Waals surface area contributed by atoms with Crippen LogP contribution in [0.15, 0.2) is 0 Å². The van der Waals surface area contributed by atoms with Crippen LogP contribution in [-0.2, 0) is 4.79 Å². The van der Waals surface area contributed by atoms with Gasteiger partial charge in [0.1, 0.15) is 11.9 Å². The molecule has 0 radical (unpaired) electrons. The maximum absolute atomic E-state index is 10.3. The second-order valence-corrected chi connectivity index (χ2v) is 4.19. The molecule has 1 nitrogen and oxygen atoms in total. The highest BCUT2D eigenvalue weighted by Gasteiger charge is 1.98. The quantitative estimate of drug-likeness (QED) is 0.530. The molecule has 0 aliphatic heterocycles. The predicted octanol–water partition coefficient (Wildman–Crippen LogP) is 1.51. The molecule has 0 aromatic carbocycles. The molecule has 0 amide bonds. The highest BCUT2D eigenvalue weighted by atomic mass is 31.1. The Morgan fingerprint density at radius 1 is 1.75 bits per heavy atom. The molecule has 46 valence electrons. The van der Waals surface area contributed by atoms with Crippen LogP contribution in [0.4, 0.5) is 0 Å². The molecule has 0 bridgehead atoms. The van der Waals surface area contributed by atoms with E-state index in [1.165, 1.54) is 0 Å². The molecular formula is C6H12OP+. The molecule has 2 heteroatoms. The molecule has 8 heavy (non-hydrogen) atoms. The summed E-state index contributed by atoms with van der Waals surface area (Å²) in [4.78, 5) is 10.3. The summed E-state index contributed by atoms with van der Waals surface area (Å²) in [6, 6.07) is 0. The van der Waals surface area contributed by atoms with Crippen LogP contribution in [0.5, 0.6) is 0 Å². The Hall–Kier alpha value is -0.160. The highest BCUT2D eigenvalue weighted by molar-refractivity contribution is 7.54. The fourth-order valence-electron chi connectivity index (χ4n) is 0.348. The molecule has 0 aromatic heterocycles. The molecule has 0 saturated heterocycles. The maximum atomic E-state index is 10.3. The third kappa shape index (κ3) is 5.84. The lowest BCUT2D eigenvalue weighted by molar-refractivity contribution is -0.116. The molecule has 0 N–H and O–H groups in total. The minimum absolute atomic E-state index is 0.104. The first-order chi connectivity index (χ1) is 3.63. The van der Waals surface area contributed by atoms with Crippen LogP contribution in [-0.4, -0.2) is 24.9 Å². The van der Waals surface area contributed by atoms with E-state index >= 15 is 0 Å². The lowest BCUT2D eigenvalue weighted by atomic mass is 10.4. The SMILES string of the molecule is C=[P+](C)CCC(C)=O. The van der Waals surface area contributed by atoms with Gasteiger partial charge in [0.25, 0.3) is 0 Å². The molecular weight excluding hydrogens is 119 g/mol. The van der Waals surface area contributed by atoms with Crippen LogP contribution in [0.2, 0.25) is 0 Å². The lowest BCUT2D eigenvalue weighted by Crippen LogP contribution is -1.90. The smallest absolute Gasteiger partial charge is 0.133 e. The summed E-state index contributed by atoms with van der Waals surface area (Å²) >= 11 is 0. The minimum atomic E-state index is -0.104. The second kappa shape index (κ2) is 3.80. The Morgan fingerprint density at radius 3 is 2.38 bits per heavy atom. The van der Waals surface area contributed by atoms with Crippen molar-refractivity contribution in [1.29, 1.82) is 0 Å². The lowest BCUT2D eigenvalue weighted by Gasteiger charge is -1.83. The number of carbonyl (C=O) groups excluding carboxylic acids is 1. The predicted molar refractivity (Wildman–Crippen MR) is 40.1 cm³/mol.